The highest BCUT2D eigenvalue weighted by atomic mass is 79.9. The molecule has 0 radical (unpaired) electrons. The zero-order chi connectivity index (χ0) is 18.4. The fraction of sp³-hybridized carbons (Fsp3) is 0.167. The molecule has 6 nitrogen and oxygen atoms in total. The first-order chi connectivity index (χ1) is 11.9. The Hall–Kier alpha value is -2.67. The van der Waals surface area contributed by atoms with Crippen LogP contribution in [0.5, 0.6) is 0 Å². The van der Waals surface area contributed by atoms with Gasteiger partial charge < -0.3 is 15.7 Å². The summed E-state index contributed by atoms with van der Waals surface area (Å²) in [4.78, 5) is 35.3. The summed E-state index contributed by atoms with van der Waals surface area (Å²) >= 11 is 3.33. The van der Waals surface area contributed by atoms with Crippen LogP contribution in [0, 0.1) is 0 Å². The van der Waals surface area contributed by atoms with Crippen LogP contribution in [0.1, 0.15) is 22.8 Å². The number of aliphatic carboxylic acids is 1. The van der Waals surface area contributed by atoms with Gasteiger partial charge in [0.05, 0.1) is 11.3 Å². The van der Waals surface area contributed by atoms with E-state index in [9.17, 15) is 19.5 Å². The number of carboxylic acid groups (broad SMARTS) is 1. The Kier molecular flexibility index (Phi) is 6.30. The number of carbonyl (C=O) groups excluding carboxylic acids is 2. The molecule has 25 heavy (non-hydrogen) atoms. The molecule has 0 aliphatic heterocycles. The summed E-state index contributed by atoms with van der Waals surface area (Å²) in [5.74, 6) is -2.01. The van der Waals surface area contributed by atoms with Crippen molar-refractivity contribution in [2.24, 2.45) is 0 Å². The van der Waals surface area contributed by atoms with Crippen LogP contribution in [0.2, 0.25) is 0 Å². The summed E-state index contributed by atoms with van der Waals surface area (Å²) in [6.07, 6.45) is 0.142. The number of hydrogen-bond acceptors (Lipinski definition) is 3. The maximum absolute atomic E-state index is 12.5. The molecule has 0 heterocycles. The molecule has 2 aromatic rings. The predicted molar refractivity (Wildman–Crippen MR) is 97.5 cm³/mol. The van der Waals surface area contributed by atoms with Gasteiger partial charge in [0.2, 0.25) is 5.91 Å². The van der Waals surface area contributed by atoms with Crippen LogP contribution in [-0.4, -0.2) is 28.9 Å². The third kappa shape index (κ3) is 5.42. The second kappa shape index (κ2) is 8.43. The third-order valence-corrected chi connectivity index (χ3v) is 3.91. The standard InChI is InChI=1S/C18H17BrN2O4/c1-11(22)20-15-8-3-2-7-14(15)17(23)21-16(18(24)25)10-12-5-4-6-13(19)9-12/h2-9,16H,10H2,1H3,(H,20,22)(H,21,23)(H,24,25)/t16-/m1/s1. The lowest BCUT2D eigenvalue weighted by Crippen LogP contribution is -2.42. The van der Waals surface area contributed by atoms with Crippen LogP contribution in [0.15, 0.2) is 53.0 Å². The maximum atomic E-state index is 12.5. The second-order valence-electron chi connectivity index (χ2n) is 5.43. The molecule has 0 aliphatic rings. The monoisotopic (exact) mass is 404 g/mol. The fourth-order valence-corrected chi connectivity index (χ4v) is 2.76. The van der Waals surface area contributed by atoms with Gasteiger partial charge in [-0.05, 0) is 29.8 Å². The number of halogens is 1. The Balaban J connectivity index is 2.18. The molecule has 0 unspecified atom stereocenters. The zero-order valence-corrected chi connectivity index (χ0v) is 15.0. The van der Waals surface area contributed by atoms with Crippen molar-refractivity contribution < 1.29 is 19.5 Å². The van der Waals surface area contributed by atoms with Gasteiger partial charge >= 0.3 is 5.97 Å². The van der Waals surface area contributed by atoms with Gasteiger partial charge in [-0.2, -0.15) is 0 Å². The second-order valence-corrected chi connectivity index (χ2v) is 6.34. The van der Waals surface area contributed by atoms with E-state index in [0.717, 1.165) is 10.0 Å². The van der Waals surface area contributed by atoms with E-state index in [1.165, 1.54) is 13.0 Å². The predicted octanol–water partition coefficient (Wildman–Crippen LogP) is 2.83. The van der Waals surface area contributed by atoms with Gasteiger partial charge in [0.1, 0.15) is 6.04 Å². The molecule has 0 aliphatic carbocycles. The largest absolute Gasteiger partial charge is 0.480 e. The van der Waals surface area contributed by atoms with Crippen LogP contribution in [0.3, 0.4) is 0 Å². The van der Waals surface area contributed by atoms with Crippen LogP contribution >= 0.6 is 15.9 Å². The van der Waals surface area contributed by atoms with Crippen LogP contribution < -0.4 is 10.6 Å². The van der Waals surface area contributed by atoms with Gasteiger partial charge in [0.25, 0.3) is 5.91 Å². The average Bonchev–Trinajstić information content (AvgIpc) is 2.54. The summed E-state index contributed by atoms with van der Waals surface area (Å²) in [6, 6.07) is 12.6. The van der Waals surface area contributed by atoms with Gasteiger partial charge in [0, 0.05) is 17.8 Å². The smallest absolute Gasteiger partial charge is 0.326 e. The summed E-state index contributed by atoms with van der Waals surface area (Å²) in [5, 5.41) is 14.5. The minimum atomic E-state index is -1.13. The number of para-hydroxylation sites is 1. The van der Waals surface area contributed by atoms with E-state index >= 15 is 0 Å². The molecule has 0 fully saturated rings. The Bertz CT molecular complexity index is 807. The molecule has 2 aromatic carbocycles. The number of benzene rings is 2. The van der Waals surface area contributed by atoms with Gasteiger partial charge in [-0.25, -0.2) is 4.79 Å². The molecule has 0 spiro atoms. The molecule has 130 valence electrons. The number of carboxylic acids is 1. The summed E-state index contributed by atoms with van der Waals surface area (Å²) in [5.41, 5.74) is 1.31. The van der Waals surface area contributed by atoms with Crippen molar-refractivity contribution in [1.29, 1.82) is 0 Å². The Morgan fingerprint density at radius 3 is 2.48 bits per heavy atom. The van der Waals surface area contributed by atoms with Crippen LogP contribution in [-0.2, 0) is 16.0 Å². The van der Waals surface area contributed by atoms with Crippen molar-refractivity contribution in [1.82, 2.24) is 5.32 Å². The Labute approximate surface area is 153 Å². The minimum Gasteiger partial charge on any atom is -0.480 e. The van der Waals surface area contributed by atoms with Gasteiger partial charge in [-0.15, -0.1) is 0 Å². The van der Waals surface area contributed by atoms with Crippen molar-refractivity contribution in [2.75, 3.05) is 5.32 Å². The molecular formula is C18H17BrN2O4. The number of carbonyl (C=O) groups is 3. The van der Waals surface area contributed by atoms with Crippen molar-refractivity contribution in [3.63, 3.8) is 0 Å². The summed E-state index contributed by atoms with van der Waals surface area (Å²) in [6.45, 7) is 1.34. The van der Waals surface area contributed by atoms with E-state index in [-0.39, 0.29) is 17.9 Å². The Morgan fingerprint density at radius 1 is 1.12 bits per heavy atom. The molecule has 2 rings (SSSR count). The first-order valence-electron chi connectivity index (χ1n) is 7.51. The lowest BCUT2D eigenvalue weighted by atomic mass is 10.1. The van der Waals surface area contributed by atoms with E-state index in [2.05, 4.69) is 26.6 Å². The maximum Gasteiger partial charge on any atom is 0.326 e. The summed E-state index contributed by atoms with van der Waals surface area (Å²) in [7, 11) is 0. The highest BCUT2D eigenvalue weighted by Crippen LogP contribution is 2.16. The molecular weight excluding hydrogens is 388 g/mol. The first kappa shape index (κ1) is 18.7. The van der Waals surface area contributed by atoms with E-state index in [1.54, 1.807) is 36.4 Å². The van der Waals surface area contributed by atoms with Crippen molar-refractivity contribution in [2.45, 2.75) is 19.4 Å². The van der Waals surface area contributed by atoms with E-state index in [4.69, 9.17) is 0 Å². The normalized spacial score (nSPS) is 11.4. The fourth-order valence-electron chi connectivity index (χ4n) is 2.32. The van der Waals surface area contributed by atoms with E-state index in [1.807, 2.05) is 6.07 Å². The van der Waals surface area contributed by atoms with Crippen molar-refractivity contribution in [3.05, 3.63) is 64.1 Å². The van der Waals surface area contributed by atoms with Crippen LogP contribution in [0.25, 0.3) is 0 Å². The summed E-state index contributed by atoms with van der Waals surface area (Å²) < 4.78 is 0.830. The molecule has 1 atom stereocenters. The molecule has 0 saturated carbocycles. The Morgan fingerprint density at radius 2 is 1.84 bits per heavy atom. The van der Waals surface area contributed by atoms with Gasteiger partial charge in [0.15, 0.2) is 0 Å². The quantitative estimate of drug-likeness (QED) is 0.689. The van der Waals surface area contributed by atoms with E-state index in [0.29, 0.717) is 5.69 Å². The molecule has 3 N–H and O–H groups in total. The number of rotatable bonds is 6. The SMILES string of the molecule is CC(=O)Nc1ccccc1C(=O)N[C@H](Cc1cccc(Br)c1)C(=O)O. The molecule has 2 amide bonds. The van der Waals surface area contributed by atoms with E-state index < -0.39 is 17.9 Å². The van der Waals surface area contributed by atoms with Gasteiger partial charge in [-0.1, -0.05) is 40.2 Å². The topological polar surface area (TPSA) is 95.5 Å². The van der Waals surface area contributed by atoms with Crippen LogP contribution in [0.4, 0.5) is 5.69 Å². The minimum absolute atomic E-state index is 0.142. The molecule has 0 bridgehead atoms. The molecule has 0 saturated heterocycles. The highest BCUT2D eigenvalue weighted by molar-refractivity contribution is 9.10. The van der Waals surface area contributed by atoms with Crippen molar-refractivity contribution in [3.8, 4) is 0 Å². The molecule has 0 aromatic heterocycles. The third-order valence-electron chi connectivity index (χ3n) is 3.41. The zero-order valence-electron chi connectivity index (χ0n) is 13.5. The number of anilines is 1. The number of hydrogen-bond donors (Lipinski definition) is 3. The highest BCUT2D eigenvalue weighted by Gasteiger charge is 2.22. The lowest BCUT2D eigenvalue weighted by molar-refractivity contribution is -0.139. The first-order valence-corrected chi connectivity index (χ1v) is 8.31. The average molecular weight is 405 g/mol. The van der Waals surface area contributed by atoms with Crippen molar-refractivity contribution >= 4 is 39.4 Å². The lowest BCUT2D eigenvalue weighted by Gasteiger charge is -2.16. The van der Waals surface area contributed by atoms with Gasteiger partial charge in [-0.3, -0.25) is 9.59 Å². The number of amides is 2. The number of nitrogens with one attached hydrogen (secondary N) is 2. The molecule has 7 heteroatoms.